The molecule has 1 unspecified atom stereocenters. The first kappa shape index (κ1) is 31.7. The van der Waals surface area contributed by atoms with Gasteiger partial charge < -0.3 is 9.66 Å². The topological polar surface area (TPSA) is 77.4 Å². The zero-order chi connectivity index (χ0) is 20.2. The van der Waals surface area contributed by atoms with Crippen LogP contribution in [-0.2, 0) is 10.1 Å². The van der Waals surface area contributed by atoms with Gasteiger partial charge in [-0.15, -0.1) is 0 Å². The standard InChI is InChI=1S/C22H46O4S.K/c1-2-3-4-5-6-7-8-9-10-11-12-13-14-16-19-22(27(24,25)26)20-17-15-18-21-23;/h22-23H,2-21H2,1H3,(H,24,25,26);/q;+1/p-1. The maximum Gasteiger partial charge on any atom is 1.00 e. The summed E-state index contributed by atoms with van der Waals surface area (Å²) < 4.78 is 34.1. The van der Waals surface area contributed by atoms with Crippen molar-refractivity contribution < 1.29 is 69.5 Å². The molecule has 0 aliphatic rings. The van der Waals surface area contributed by atoms with Gasteiger partial charge in [0.05, 0.1) is 10.1 Å². The van der Waals surface area contributed by atoms with Gasteiger partial charge in [0.2, 0.25) is 0 Å². The van der Waals surface area contributed by atoms with E-state index in [1.165, 1.54) is 70.6 Å². The van der Waals surface area contributed by atoms with Crippen molar-refractivity contribution in [3.8, 4) is 0 Å². The zero-order valence-electron chi connectivity index (χ0n) is 18.8. The van der Waals surface area contributed by atoms with E-state index in [0.717, 1.165) is 25.7 Å². The van der Waals surface area contributed by atoms with E-state index in [4.69, 9.17) is 5.11 Å². The van der Waals surface area contributed by atoms with E-state index < -0.39 is 15.4 Å². The minimum atomic E-state index is -4.18. The Labute approximate surface area is 218 Å². The van der Waals surface area contributed by atoms with E-state index in [1.807, 2.05) is 0 Å². The predicted octanol–water partition coefficient (Wildman–Crippen LogP) is 3.33. The summed E-state index contributed by atoms with van der Waals surface area (Å²) in [6.45, 7) is 2.39. The van der Waals surface area contributed by atoms with Crippen molar-refractivity contribution in [2.45, 2.75) is 134 Å². The minimum Gasteiger partial charge on any atom is -0.748 e. The van der Waals surface area contributed by atoms with Crippen LogP contribution in [-0.4, -0.2) is 29.9 Å². The first-order valence-corrected chi connectivity index (χ1v) is 13.0. The second-order valence-electron chi connectivity index (χ2n) is 8.07. The molecule has 28 heavy (non-hydrogen) atoms. The number of rotatable bonds is 21. The summed E-state index contributed by atoms with van der Waals surface area (Å²) in [6, 6.07) is 0. The van der Waals surface area contributed by atoms with Gasteiger partial charge in [0.1, 0.15) is 0 Å². The van der Waals surface area contributed by atoms with E-state index in [9.17, 15) is 13.0 Å². The minimum absolute atomic E-state index is 0. The SMILES string of the molecule is CCCCCCCCCCCCCCCCC(CCCCCO)S(=O)(=O)[O-].[K+]. The normalized spacial score (nSPS) is 12.7. The van der Waals surface area contributed by atoms with E-state index in [-0.39, 0.29) is 58.0 Å². The van der Waals surface area contributed by atoms with Crippen molar-refractivity contribution in [2.75, 3.05) is 6.61 Å². The second kappa shape index (κ2) is 23.2. The van der Waals surface area contributed by atoms with Crippen molar-refractivity contribution in [1.82, 2.24) is 0 Å². The van der Waals surface area contributed by atoms with Gasteiger partial charge in [0, 0.05) is 11.9 Å². The fourth-order valence-corrected chi connectivity index (χ4v) is 4.57. The van der Waals surface area contributed by atoms with Crippen LogP contribution >= 0.6 is 0 Å². The molecule has 0 rings (SSSR count). The third-order valence-electron chi connectivity index (χ3n) is 5.47. The molecule has 0 amide bonds. The van der Waals surface area contributed by atoms with Gasteiger partial charge in [-0.1, -0.05) is 110 Å². The average molecular weight is 445 g/mol. The summed E-state index contributed by atoms with van der Waals surface area (Å²) >= 11 is 0. The summed E-state index contributed by atoms with van der Waals surface area (Å²) in [5.74, 6) is 0. The number of hydrogen-bond donors (Lipinski definition) is 1. The molecule has 0 saturated heterocycles. The molecule has 0 bridgehead atoms. The van der Waals surface area contributed by atoms with Crippen LogP contribution in [0.25, 0.3) is 0 Å². The fraction of sp³-hybridized carbons (Fsp3) is 1.00. The van der Waals surface area contributed by atoms with Gasteiger partial charge in [-0.3, -0.25) is 0 Å². The fourth-order valence-electron chi connectivity index (χ4n) is 3.66. The largest absolute Gasteiger partial charge is 1.00 e. The Hall–Kier alpha value is 1.51. The van der Waals surface area contributed by atoms with Crippen LogP contribution in [0.5, 0.6) is 0 Å². The van der Waals surface area contributed by atoms with Gasteiger partial charge in [-0.05, 0) is 19.3 Å². The smallest absolute Gasteiger partial charge is 0.748 e. The quantitative estimate of drug-likeness (QED) is 0.167. The zero-order valence-corrected chi connectivity index (χ0v) is 22.7. The van der Waals surface area contributed by atoms with Crippen LogP contribution in [0.4, 0.5) is 0 Å². The van der Waals surface area contributed by atoms with E-state index in [1.54, 1.807) is 0 Å². The maximum atomic E-state index is 11.4. The van der Waals surface area contributed by atoms with Crippen LogP contribution in [0.15, 0.2) is 0 Å². The Morgan fingerprint density at radius 3 is 1.29 bits per heavy atom. The third-order valence-corrected chi connectivity index (χ3v) is 6.76. The molecule has 0 heterocycles. The molecular weight excluding hydrogens is 399 g/mol. The molecule has 0 saturated carbocycles. The van der Waals surface area contributed by atoms with Gasteiger partial charge in [-0.2, -0.15) is 0 Å². The number of hydrogen-bond acceptors (Lipinski definition) is 4. The first-order chi connectivity index (χ1) is 13.0. The second-order valence-corrected chi connectivity index (χ2v) is 9.72. The Bertz CT molecular complexity index is 401. The Morgan fingerprint density at radius 1 is 0.643 bits per heavy atom. The van der Waals surface area contributed by atoms with Crippen molar-refractivity contribution in [2.24, 2.45) is 0 Å². The number of unbranched alkanes of at least 4 members (excludes halogenated alkanes) is 15. The average Bonchev–Trinajstić information content (AvgIpc) is 2.62. The number of aliphatic hydroxyl groups excluding tert-OH is 1. The predicted molar refractivity (Wildman–Crippen MR) is 114 cm³/mol. The molecule has 0 aliphatic carbocycles. The summed E-state index contributed by atoms with van der Waals surface area (Å²) in [5.41, 5.74) is 0. The van der Waals surface area contributed by atoms with Crippen molar-refractivity contribution in [3.63, 3.8) is 0 Å². The molecule has 0 fully saturated rings. The van der Waals surface area contributed by atoms with Crippen LogP contribution in [0, 0.1) is 0 Å². The maximum absolute atomic E-state index is 11.4. The molecule has 1 N–H and O–H groups in total. The van der Waals surface area contributed by atoms with Crippen molar-refractivity contribution in [1.29, 1.82) is 0 Å². The Balaban J connectivity index is 0. The molecule has 0 aromatic rings. The molecular formula is C22H45KO4S. The van der Waals surface area contributed by atoms with Gasteiger partial charge in [0.15, 0.2) is 0 Å². The third kappa shape index (κ3) is 22.2. The van der Waals surface area contributed by atoms with Gasteiger partial charge >= 0.3 is 51.4 Å². The Kier molecular flexibility index (Phi) is 26.2. The van der Waals surface area contributed by atoms with Crippen molar-refractivity contribution >= 4 is 10.1 Å². The monoisotopic (exact) mass is 444 g/mol. The molecule has 164 valence electrons. The van der Waals surface area contributed by atoms with Crippen LogP contribution in [0.1, 0.15) is 129 Å². The summed E-state index contributed by atoms with van der Waals surface area (Å²) in [4.78, 5) is 0. The summed E-state index contributed by atoms with van der Waals surface area (Å²) in [5, 5.41) is 8.03. The first-order valence-electron chi connectivity index (χ1n) is 11.6. The molecule has 0 aromatic carbocycles. The van der Waals surface area contributed by atoms with Crippen molar-refractivity contribution in [3.05, 3.63) is 0 Å². The van der Waals surface area contributed by atoms with Crippen LogP contribution in [0.3, 0.4) is 0 Å². The molecule has 6 heteroatoms. The van der Waals surface area contributed by atoms with Gasteiger partial charge in [0.25, 0.3) is 0 Å². The van der Waals surface area contributed by atoms with E-state index >= 15 is 0 Å². The van der Waals surface area contributed by atoms with Gasteiger partial charge in [-0.25, -0.2) is 8.42 Å². The summed E-state index contributed by atoms with van der Waals surface area (Å²) in [7, 11) is -4.18. The van der Waals surface area contributed by atoms with Crippen LogP contribution < -0.4 is 51.4 Å². The number of aliphatic hydroxyl groups is 1. The molecule has 4 nitrogen and oxygen atoms in total. The van der Waals surface area contributed by atoms with E-state index in [0.29, 0.717) is 25.7 Å². The Morgan fingerprint density at radius 2 is 0.964 bits per heavy atom. The molecule has 0 aromatic heterocycles. The molecule has 0 spiro atoms. The molecule has 0 radical (unpaired) electrons. The van der Waals surface area contributed by atoms with Crippen LogP contribution in [0.2, 0.25) is 0 Å². The molecule has 1 atom stereocenters. The van der Waals surface area contributed by atoms with E-state index in [2.05, 4.69) is 6.92 Å². The summed E-state index contributed by atoms with van der Waals surface area (Å²) in [6.07, 6.45) is 21.0. The molecule has 0 aliphatic heterocycles.